The van der Waals surface area contributed by atoms with Crippen LogP contribution in [0, 0.1) is 6.92 Å². The summed E-state index contributed by atoms with van der Waals surface area (Å²) in [7, 11) is -3.69. The number of sulfonamides is 1. The second-order valence-corrected chi connectivity index (χ2v) is 7.96. The molecule has 3 N–H and O–H groups in total. The molecule has 1 aromatic carbocycles. The normalized spacial score (nSPS) is 11.8. The number of nitrogen functional groups attached to an aromatic ring is 1. The summed E-state index contributed by atoms with van der Waals surface area (Å²) in [6.45, 7) is 2.60. The van der Waals surface area contributed by atoms with Crippen LogP contribution in [0.5, 0.6) is 0 Å². The molecule has 0 aliphatic rings. The smallest absolute Gasteiger partial charge is 0.243 e. The summed E-state index contributed by atoms with van der Waals surface area (Å²) in [6.07, 6.45) is 3.57. The molecule has 0 radical (unpaired) electrons. The molecule has 0 bridgehead atoms. The Morgan fingerprint density at radius 1 is 1.38 bits per heavy atom. The van der Waals surface area contributed by atoms with Crippen molar-refractivity contribution in [3.05, 3.63) is 39.0 Å². The van der Waals surface area contributed by atoms with Crippen molar-refractivity contribution in [3.8, 4) is 0 Å². The first-order chi connectivity index (χ1) is 9.79. The van der Waals surface area contributed by atoms with Gasteiger partial charge in [0, 0.05) is 21.7 Å². The first-order valence-electron chi connectivity index (χ1n) is 6.03. The zero-order valence-corrected chi connectivity index (χ0v) is 15.2. The molecule has 1 heterocycles. The lowest BCUT2D eigenvalue weighted by Crippen LogP contribution is -2.28. The van der Waals surface area contributed by atoms with Crippen LogP contribution >= 0.6 is 31.9 Å². The standard InChI is InChI=1S/C12H14Br2N4O2S/c1-8-6-16-18(7-8)3-2-17-21(19,20)12-10(14)4-9(13)5-11(12)15/h4-7,17H,2-3,15H2,1H3. The van der Waals surface area contributed by atoms with Gasteiger partial charge in [-0.3, -0.25) is 4.68 Å². The molecule has 2 aromatic rings. The molecule has 0 saturated carbocycles. The highest BCUT2D eigenvalue weighted by molar-refractivity contribution is 9.11. The summed E-state index contributed by atoms with van der Waals surface area (Å²) in [6, 6.07) is 3.19. The molecule has 0 fully saturated rings. The van der Waals surface area contributed by atoms with E-state index < -0.39 is 10.0 Å². The van der Waals surface area contributed by atoms with E-state index >= 15 is 0 Å². The Morgan fingerprint density at radius 3 is 2.67 bits per heavy atom. The molecule has 0 unspecified atom stereocenters. The number of nitrogens with zero attached hydrogens (tertiary/aromatic N) is 2. The van der Waals surface area contributed by atoms with Crippen molar-refractivity contribution in [3.63, 3.8) is 0 Å². The highest BCUT2D eigenvalue weighted by Crippen LogP contribution is 2.31. The third kappa shape index (κ3) is 4.06. The van der Waals surface area contributed by atoms with Crippen LogP contribution < -0.4 is 10.5 Å². The van der Waals surface area contributed by atoms with Crippen molar-refractivity contribution >= 4 is 47.6 Å². The number of halogens is 2. The molecule has 21 heavy (non-hydrogen) atoms. The Bertz CT molecular complexity index is 735. The average Bonchev–Trinajstić information content (AvgIpc) is 2.72. The Balaban J connectivity index is 2.12. The Morgan fingerprint density at radius 2 is 2.10 bits per heavy atom. The largest absolute Gasteiger partial charge is 0.398 e. The molecule has 0 saturated heterocycles. The minimum Gasteiger partial charge on any atom is -0.398 e. The van der Waals surface area contributed by atoms with Crippen LogP contribution in [0.2, 0.25) is 0 Å². The van der Waals surface area contributed by atoms with Crippen LogP contribution in [-0.2, 0) is 16.6 Å². The Labute approximate surface area is 140 Å². The van der Waals surface area contributed by atoms with E-state index in [-0.39, 0.29) is 17.1 Å². The van der Waals surface area contributed by atoms with E-state index in [0.717, 1.165) is 5.56 Å². The van der Waals surface area contributed by atoms with Gasteiger partial charge in [-0.05, 0) is 40.5 Å². The highest BCUT2D eigenvalue weighted by atomic mass is 79.9. The van der Waals surface area contributed by atoms with Gasteiger partial charge in [-0.1, -0.05) is 15.9 Å². The molecule has 0 aliphatic heterocycles. The lowest BCUT2D eigenvalue weighted by atomic mass is 10.3. The molecule has 9 heteroatoms. The number of benzene rings is 1. The number of nitrogens with two attached hydrogens (primary N) is 1. The summed E-state index contributed by atoms with van der Waals surface area (Å²) in [5.74, 6) is 0. The third-order valence-electron chi connectivity index (χ3n) is 2.70. The lowest BCUT2D eigenvalue weighted by Gasteiger charge is -2.11. The number of aryl methyl sites for hydroxylation is 1. The molecule has 6 nitrogen and oxygen atoms in total. The van der Waals surface area contributed by atoms with Gasteiger partial charge in [0.25, 0.3) is 0 Å². The minimum absolute atomic E-state index is 0.0438. The van der Waals surface area contributed by atoms with Crippen LogP contribution in [0.25, 0.3) is 0 Å². The van der Waals surface area contributed by atoms with Crippen LogP contribution in [0.15, 0.2) is 38.4 Å². The van der Waals surface area contributed by atoms with Crippen molar-refractivity contribution in [2.24, 2.45) is 0 Å². The van der Waals surface area contributed by atoms with Gasteiger partial charge in [-0.25, -0.2) is 13.1 Å². The van der Waals surface area contributed by atoms with E-state index in [4.69, 9.17) is 5.73 Å². The van der Waals surface area contributed by atoms with E-state index in [1.807, 2.05) is 13.1 Å². The maximum Gasteiger partial charge on any atom is 0.243 e. The van der Waals surface area contributed by atoms with Crippen LogP contribution in [0.4, 0.5) is 5.69 Å². The van der Waals surface area contributed by atoms with E-state index in [2.05, 4.69) is 41.7 Å². The Hall–Kier alpha value is -0.900. The SMILES string of the molecule is Cc1cnn(CCNS(=O)(=O)c2c(N)cc(Br)cc2Br)c1. The van der Waals surface area contributed by atoms with Crippen molar-refractivity contribution in [2.45, 2.75) is 18.4 Å². The third-order valence-corrected chi connectivity index (χ3v) is 5.62. The second kappa shape index (κ2) is 6.47. The van der Waals surface area contributed by atoms with Gasteiger partial charge < -0.3 is 5.73 Å². The van der Waals surface area contributed by atoms with Crippen molar-refractivity contribution in [1.29, 1.82) is 0 Å². The Kier molecular flexibility index (Phi) is 5.07. The van der Waals surface area contributed by atoms with E-state index in [1.165, 1.54) is 0 Å². The molecule has 114 valence electrons. The molecule has 0 aliphatic carbocycles. The maximum absolute atomic E-state index is 12.3. The predicted molar refractivity (Wildman–Crippen MR) is 88.4 cm³/mol. The minimum atomic E-state index is -3.69. The fourth-order valence-electron chi connectivity index (χ4n) is 1.82. The quantitative estimate of drug-likeness (QED) is 0.702. The van der Waals surface area contributed by atoms with Crippen molar-refractivity contribution in [1.82, 2.24) is 14.5 Å². The zero-order chi connectivity index (χ0) is 15.6. The van der Waals surface area contributed by atoms with Gasteiger partial charge >= 0.3 is 0 Å². The summed E-state index contributed by atoms with van der Waals surface area (Å²) in [5, 5.41) is 4.10. The summed E-state index contributed by atoms with van der Waals surface area (Å²) in [5.41, 5.74) is 7.00. The second-order valence-electron chi connectivity index (χ2n) is 4.48. The fraction of sp³-hybridized carbons (Fsp3) is 0.250. The molecule has 0 atom stereocenters. The number of aromatic nitrogens is 2. The van der Waals surface area contributed by atoms with Gasteiger partial charge in [-0.15, -0.1) is 0 Å². The molecule has 0 spiro atoms. The van der Waals surface area contributed by atoms with Crippen molar-refractivity contribution in [2.75, 3.05) is 12.3 Å². The summed E-state index contributed by atoms with van der Waals surface area (Å²) in [4.78, 5) is 0.0438. The van der Waals surface area contributed by atoms with Crippen LogP contribution in [0.1, 0.15) is 5.56 Å². The number of anilines is 1. The van der Waals surface area contributed by atoms with Crippen LogP contribution in [0.3, 0.4) is 0 Å². The molecule has 2 rings (SSSR count). The van der Waals surface area contributed by atoms with Gasteiger partial charge in [0.05, 0.1) is 18.4 Å². The first-order valence-corrected chi connectivity index (χ1v) is 9.10. The number of nitrogens with one attached hydrogen (secondary N) is 1. The topological polar surface area (TPSA) is 90.0 Å². The van der Waals surface area contributed by atoms with Gasteiger partial charge in [0.15, 0.2) is 0 Å². The van der Waals surface area contributed by atoms with E-state index in [1.54, 1.807) is 23.0 Å². The summed E-state index contributed by atoms with van der Waals surface area (Å²) >= 11 is 6.49. The summed E-state index contributed by atoms with van der Waals surface area (Å²) < 4.78 is 29.9. The predicted octanol–water partition coefficient (Wildman–Crippen LogP) is 2.28. The van der Waals surface area contributed by atoms with Gasteiger partial charge in [0.1, 0.15) is 4.90 Å². The monoisotopic (exact) mass is 436 g/mol. The van der Waals surface area contributed by atoms with Crippen LogP contribution in [-0.4, -0.2) is 24.7 Å². The number of hydrogen-bond donors (Lipinski definition) is 2. The molecule has 0 amide bonds. The van der Waals surface area contributed by atoms with Gasteiger partial charge in [-0.2, -0.15) is 5.10 Å². The number of rotatable bonds is 5. The maximum atomic E-state index is 12.3. The molecular weight excluding hydrogens is 424 g/mol. The first kappa shape index (κ1) is 16.5. The molecular formula is C12H14Br2N4O2S. The average molecular weight is 438 g/mol. The molecule has 1 aromatic heterocycles. The van der Waals surface area contributed by atoms with Gasteiger partial charge in [0.2, 0.25) is 10.0 Å². The zero-order valence-electron chi connectivity index (χ0n) is 11.2. The number of hydrogen-bond acceptors (Lipinski definition) is 4. The van der Waals surface area contributed by atoms with E-state index in [9.17, 15) is 8.42 Å². The lowest BCUT2D eigenvalue weighted by molar-refractivity contribution is 0.560. The van der Waals surface area contributed by atoms with Crippen molar-refractivity contribution < 1.29 is 8.42 Å². The fourth-order valence-corrected chi connectivity index (χ4v) is 4.91. The van der Waals surface area contributed by atoms with E-state index in [0.29, 0.717) is 15.5 Å². The highest BCUT2D eigenvalue weighted by Gasteiger charge is 2.21.